The van der Waals surface area contributed by atoms with Crippen LogP contribution in [0.5, 0.6) is 0 Å². The van der Waals surface area contributed by atoms with Crippen molar-refractivity contribution in [2.45, 2.75) is 25.4 Å². The molecule has 1 aliphatic rings. The zero-order valence-electron chi connectivity index (χ0n) is 9.12. The van der Waals surface area contributed by atoms with Gasteiger partial charge in [0, 0.05) is 13.3 Å². The number of rotatable bonds is 3. The molecule has 0 radical (unpaired) electrons. The van der Waals surface area contributed by atoms with Crippen molar-refractivity contribution in [1.29, 1.82) is 0 Å². The number of hydrogen-bond donors (Lipinski definition) is 2. The summed E-state index contributed by atoms with van der Waals surface area (Å²) in [6.45, 7) is 1.89. The van der Waals surface area contributed by atoms with Crippen LogP contribution in [0.4, 0.5) is 11.4 Å². The van der Waals surface area contributed by atoms with Gasteiger partial charge in [-0.15, -0.1) is 0 Å². The monoisotopic (exact) mass is 204 g/mol. The zero-order valence-corrected chi connectivity index (χ0v) is 9.12. The molecular formula is C12H16N2O. The molecule has 1 fully saturated rings. The van der Waals surface area contributed by atoms with E-state index in [-0.39, 0.29) is 0 Å². The van der Waals surface area contributed by atoms with Crippen LogP contribution in [0.2, 0.25) is 0 Å². The summed E-state index contributed by atoms with van der Waals surface area (Å²) in [5, 5.41) is 13.1. The number of nitrogens with one attached hydrogen (secondary N) is 1. The predicted molar refractivity (Wildman–Crippen MR) is 62.9 cm³/mol. The first kappa shape index (κ1) is 10.2. The summed E-state index contributed by atoms with van der Waals surface area (Å²) in [4.78, 5) is 4.25. The predicted octanol–water partition coefficient (Wildman–Crippen LogP) is 2.43. The van der Waals surface area contributed by atoms with E-state index in [1.165, 1.54) is 0 Å². The summed E-state index contributed by atoms with van der Waals surface area (Å²) >= 11 is 0. The van der Waals surface area contributed by atoms with Crippen LogP contribution in [-0.4, -0.2) is 18.4 Å². The second-order valence-corrected chi connectivity index (χ2v) is 3.90. The van der Waals surface area contributed by atoms with E-state index in [1.807, 2.05) is 32.2 Å². The molecule has 80 valence electrons. The second-order valence-electron chi connectivity index (χ2n) is 3.90. The second kappa shape index (κ2) is 3.66. The van der Waals surface area contributed by atoms with E-state index in [4.69, 9.17) is 0 Å². The molecule has 0 spiro atoms. The van der Waals surface area contributed by atoms with E-state index in [0.29, 0.717) is 0 Å². The Bertz CT molecular complexity index is 395. The number of benzene rings is 1. The molecule has 3 nitrogen and oxygen atoms in total. The van der Waals surface area contributed by atoms with Gasteiger partial charge < -0.3 is 10.4 Å². The summed E-state index contributed by atoms with van der Waals surface area (Å²) in [6.07, 6.45) is 3.50. The lowest BCUT2D eigenvalue weighted by Gasteiger charge is -2.11. The van der Waals surface area contributed by atoms with E-state index in [1.54, 1.807) is 6.21 Å². The van der Waals surface area contributed by atoms with Gasteiger partial charge in [0.2, 0.25) is 0 Å². The number of hydrogen-bond acceptors (Lipinski definition) is 3. The Labute approximate surface area is 89.9 Å². The SMILES string of the molecule is C/C=N/c1ccc(C2(O)CC2)cc1NC. The molecule has 1 saturated carbocycles. The Kier molecular flexibility index (Phi) is 2.49. The molecule has 0 aliphatic heterocycles. The van der Waals surface area contributed by atoms with Crippen molar-refractivity contribution in [3.05, 3.63) is 23.8 Å². The van der Waals surface area contributed by atoms with Crippen LogP contribution >= 0.6 is 0 Å². The molecule has 0 saturated heterocycles. The first-order valence-corrected chi connectivity index (χ1v) is 5.23. The van der Waals surface area contributed by atoms with Crippen molar-refractivity contribution >= 4 is 17.6 Å². The Morgan fingerprint density at radius 2 is 2.20 bits per heavy atom. The van der Waals surface area contributed by atoms with Gasteiger partial charge in [-0.05, 0) is 37.5 Å². The Morgan fingerprint density at radius 3 is 2.73 bits per heavy atom. The maximum atomic E-state index is 9.97. The number of nitrogens with zero attached hydrogens (tertiary/aromatic N) is 1. The van der Waals surface area contributed by atoms with E-state index in [9.17, 15) is 5.11 Å². The molecule has 1 aromatic carbocycles. The molecule has 2 rings (SSSR count). The highest BCUT2D eigenvalue weighted by Gasteiger charge is 2.42. The first-order valence-electron chi connectivity index (χ1n) is 5.23. The fourth-order valence-corrected chi connectivity index (χ4v) is 1.68. The number of aliphatic hydroxyl groups is 1. The minimum Gasteiger partial charge on any atom is -0.386 e. The Morgan fingerprint density at radius 1 is 1.47 bits per heavy atom. The summed E-state index contributed by atoms with van der Waals surface area (Å²) in [7, 11) is 1.87. The van der Waals surface area contributed by atoms with Crippen LogP contribution in [0.25, 0.3) is 0 Å². The van der Waals surface area contributed by atoms with E-state index in [0.717, 1.165) is 29.8 Å². The zero-order chi connectivity index (χ0) is 10.9. The highest BCUT2D eigenvalue weighted by atomic mass is 16.3. The molecule has 0 heterocycles. The minimum absolute atomic E-state index is 0.569. The largest absolute Gasteiger partial charge is 0.386 e. The van der Waals surface area contributed by atoms with Crippen molar-refractivity contribution in [3.8, 4) is 0 Å². The quantitative estimate of drug-likeness (QED) is 0.743. The van der Waals surface area contributed by atoms with Gasteiger partial charge in [-0.2, -0.15) is 0 Å². The summed E-state index contributed by atoms with van der Waals surface area (Å²) in [5.74, 6) is 0. The molecule has 2 N–H and O–H groups in total. The van der Waals surface area contributed by atoms with Crippen LogP contribution in [0, 0.1) is 0 Å². The van der Waals surface area contributed by atoms with Crippen LogP contribution in [-0.2, 0) is 5.60 Å². The Balaban J connectivity index is 2.38. The maximum absolute atomic E-state index is 9.97. The highest BCUT2D eigenvalue weighted by Crippen LogP contribution is 2.46. The van der Waals surface area contributed by atoms with Crippen molar-refractivity contribution in [2.75, 3.05) is 12.4 Å². The van der Waals surface area contributed by atoms with Gasteiger partial charge >= 0.3 is 0 Å². The van der Waals surface area contributed by atoms with Crippen molar-refractivity contribution in [2.24, 2.45) is 4.99 Å². The molecular weight excluding hydrogens is 188 g/mol. The fourth-order valence-electron chi connectivity index (χ4n) is 1.68. The van der Waals surface area contributed by atoms with E-state index < -0.39 is 5.60 Å². The molecule has 0 amide bonds. The number of anilines is 1. The average molecular weight is 204 g/mol. The highest BCUT2D eigenvalue weighted by molar-refractivity contribution is 5.72. The lowest BCUT2D eigenvalue weighted by atomic mass is 10.1. The molecule has 1 aromatic rings. The van der Waals surface area contributed by atoms with Gasteiger partial charge in [-0.1, -0.05) is 6.07 Å². The minimum atomic E-state index is -0.569. The van der Waals surface area contributed by atoms with E-state index in [2.05, 4.69) is 10.3 Å². The Hall–Kier alpha value is -1.35. The molecule has 3 heteroatoms. The van der Waals surface area contributed by atoms with Gasteiger partial charge in [-0.25, -0.2) is 0 Å². The van der Waals surface area contributed by atoms with Gasteiger partial charge in [0.15, 0.2) is 0 Å². The summed E-state index contributed by atoms with van der Waals surface area (Å²) in [5.41, 5.74) is 2.29. The van der Waals surface area contributed by atoms with Gasteiger partial charge in [-0.3, -0.25) is 4.99 Å². The third-order valence-electron chi connectivity index (χ3n) is 2.80. The summed E-state index contributed by atoms with van der Waals surface area (Å²) < 4.78 is 0. The smallest absolute Gasteiger partial charge is 0.0899 e. The third-order valence-corrected chi connectivity index (χ3v) is 2.80. The van der Waals surface area contributed by atoms with Gasteiger partial charge in [0.1, 0.15) is 0 Å². The number of aliphatic imine (C=N–C) groups is 1. The van der Waals surface area contributed by atoms with Crippen molar-refractivity contribution in [3.63, 3.8) is 0 Å². The van der Waals surface area contributed by atoms with Crippen molar-refractivity contribution in [1.82, 2.24) is 0 Å². The average Bonchev–Trinajstić information content (AvgIpc) is 2.99. The lowest BCUT2D eigenvalue weighted by Crippen LogP contribution is -2.04. The maximum Gasteiger partial charge on any atom is 0.0899 e. The molecule has 1 aliphatic carbocycles. The van der Waals surface area contributed by atoms with E-state index >= 15 is 0 Å². The van der Waals surface area contributed by atoms with Crippen LogP contribution in [0.3, 0.4) is 0 Å². The molecule has 0 aromatic heterocycles. The standard InChI is InChI=1S/C12H16N2O/c1-3-14-10-5-4-9(8-11(10)13-2)12(15)6-7-12/h3-5,8,13,15H,6-7H2,1-2H3/b14-3+. The molecule has 0 atom stereocenters. The fraction of sp³-hybridized carbons (Fsp3) is 0.417. The van der Waals surface area contributed by atoms with Gasteiger partial charge in [0.25, 0.3) is 0 Å². The van der Waals surface area contributed by atoms with Crippen LogP contribution < -0.4 is 5.32 Å². The molecule has 0 bridgehead atoms. The van der Waals surface area contributed by atoms with Crippen LogP contribution in [0.1, 0.15) is 25.3 Å². The van der Waals surface area contributed by atoms with Crippen LogP contribution in [0.15, 0.2) is 23.2 Å². The third kappa shape index (κ3) is 1.88. The van der Waals surface area contributed by atoms with Crippen molar-refractivity contribution < 1.29 is 5.11 Å². The summed E-state index contributed by atoms with van der Waals surface area (Å²) in [6, 6.07) is 5.88. The topological polar surface area (TPSA) is 44.6 Å². The molecule has 0 unspecified atom stereocenters. The van der Waals surface area contributed by atoms with Gasteiger partial charge in [0.05, 0.1) is 17.0 Å². The molecule has 15 heavy (non-hydrogen) atoms. The first-order chi connectivity index (χ1) is 7.19. The normalized spacial score (nSPS) is 18.1. The lowest BCUT2D eigenvalue weighted by molar-refractivity contribution is 0.151.